The lowest BCUT2D eigenvalue weighted by Crippen LogP contribution is -2.36. The Morgan fingerprint density at radius 2 is 1.78 bits per heavy atom. The molecule has 0 aliphatic heterocycles. The van der Waals surface area contributed by atoms with Gasteiger partial charge in [0, 0.05) is 18.0 Å². The van der Waals surface area contributed by atoms with Crippen molar-refractivity contribution < 1.29 is 14.3 Å². The molecule has 32 heavy (non-hydrogen) atoms. The number of nitrogens with two attached hydrogens (primary N) is 1. The summed E-state index contributed by atoms with van der Waals surface area (Å²) in [5.41, 5.74) is 6.97. The first kappa shape index (κ1) is 22.5. The number of hydrogen-bond acceptors (Lipinski definition) is 5. The van der Waals surface area contributed by atoms with Crippen LogP contribution in [-0.4, -0.2) is 33.5 Å². The van der Waals surface area contributed by atoms with E-state index >= 15 is 0 Å². The number of nitrogens with one attached hydrogen (secondary N) is 2. The molecule has 0 aliphatic rings. The molecule has 3 aromatic rings. The molecule has 1 amide bonds. The Labute approximate surface area is 184 Å². The molecule has 0 spiro atoms. The van der Waals surface area contributed by atoms with Gasteiger partial charge >= 0.3 is 11.7 Å². The van der Waals surface area contributed by atoms with Gasteiger partial charge in [-0.3, -0.25) is 24.1 Å². The fourth-order valence-corrected chi connectivity index (χ4v) is 3.25. The molecule has 0 saturated heterocycles. The van der Waals surface area contributed by atoms with Crippen LogP contribution in [0.3, 0.4) is 0 Å². The second kappa shape index (κ2) is 10.3. The molecule has 0 aliphatic carbocycles. The van der Waals surface area contributed by atoms with Gasteiger partial charge in [0.15, 0.2) is 0 Å². The molecule has 1 heterocycles. The number of nitrogens with zero attached hydrogens (tertiary/aromatic N) is 2. The van der Waals surface area contributed by atoms with Gasteiger partial charge in [0.1, 0.15) is 12.4 Å². The van der Waals surface area contributed by atoms with E-state index in [1.807, 2.05) is 30.3 Å². The number of hydrogen-bond donors (Lipinski definition) is 3. The maximum atomic E-state index is 12.7. The summed E-state index contributed by atoms with van der Waals surface area (Å²) in [4.78, 5) is 37.4. The van der Waals surface area contributed by atoms with Crippen LogP contribution in [0.15, 0.2) is 71.8 Å². The Bertz CT molecular complexity index is 1150. The van der Waals surface area contributed by atoms with Crippen LogP contribution in [0, 0.1) is 5.41 Å². The summed E-state index contributed by atoms with van der Waals surface area (Å²) in [7, 11) is 0. The zero-order valence-electron chi connectivity index (χ0n) is 17.7. The molecular formula is C23H25N5O4. The van der Waals surface area contributed by atoms with Crippen molar-refractivity contribution in [2.45, 2.75) is 25.9 Å². The quantitative estimate of drug-likeness (QED) is 0.268. The van der Waals surface area contributed by atoms with E-state index in [1.54, 1.807) is 37.4 Å². The number of imidazole rings is 1. The smallest absolute Gasteiger partial charge is 0.333 e. The number of aromatic nitrogens is 2. The van der Waals surface area contributed by atoms with Crippen LogP contribution in [0.5, 0.6) is 0 Å². The third-order valence-electron chi connectivity index (χ3n) is 4.83. The molecule has 0 radical (unpaired) electrons. The number of amides is 1. The van der Waals surface area contributed by atoms with Crippen LogP contribution in [0.4, 0.5) is 0 Å². The van der Waals surface area contributed by atoms with E-state index in [0.29, 0.717) is 11.3 Å². The predicted molar refractivity (Wildman–Crippen MR) is 120 cm³/mol. The van der Waals surface area contributed by atoms with Crippen molar-refractivity contribution in [3.05, 3.63) is 88.6 Å². The Balaban J connectivity index is 1.73. The van der Waals surface area contributed by atoms with Crippen molar-refractivity contribution in [1.29, 1.82) is 5.41 Å². The van der Waals surface area contributed by atoms with Crippen LogP contribution in [0.25, 0.3) is 5.69 Å². The Hall–Kier alpha value is -4.14. The molecule has 1 aromatic heterocycles. The molecule has 3 rings (SSSR count). The Kier molecular flexibility index (Phi) is 7.22. The van der Waals surface area contributed by atoms with Crippen molar-refractivity contribution in [2.75, 3.05) is 6.61 Å². The first-order valence-electron chi connectivity index (χ1n) is 10.1. The summed E-state index contributed by atoms with van der Waals surface area (Å²) in [5, 5.41) is 10.3. The molecule has 9 nitrogen and oxygen atoms in total. The zero-order valence-corrected chi connectivity index (χ0v) is 17.7. The summed E-state index contributed by atoms with van der Waals surface area (Å²) in [6, 6.07) is 15.2. The van der Waals surface area contributed by atoms with Gasteiger partial charge < -0.3 is 15.8 Å². The van der Waals surface area contributed by atoms with E-state index in [9.17, 15) is 14.4 Å². The van der Waals surface area contributed by atoms with Crippen LogP contribution in [0.2, 0.25) is 0 Å². The van der Waals surface area contributed by atoms with Gasteiger partial charge in [-0.05, 0) is 36.8 Å². The number of rotatable bonds is 9. The molecule has 0 saturated carbocycles. The fraction of sp³-hybridized carbons (Fsp3) is 0.217. The zero-order chi connectivity index (χ0) is 23.1. The number of ether oxygens (including phenoxy) is 1. The van der Waals surface area contributed by atoms with Gasteiger partial charge in [-0.25, -0.2) is 4.79 Å². The molecule has 0 bridgehead atoms. The number of carbonyl (C=O) groups is 2. The summed E-state index contributed by atoms with van der Waals surface area (Å²) in [5.74, 6) is -0.886. The SMILES string of the molecule is CCOC(=O)CC(NC(=O)Cn1ccn(-c2ccc(C(=N)N)cc2)c1=O)c1ccccc1. The van der Waals surface area contributed by atoms with Crippen LogP contribution in [0.1, 0.15) is 30.5 Å². The van der Waals surface area contributed by atoms with Crippen LogP contribution >= 0.6 is 0 Å². The Morgan fingerprint density at radius 1 is 1.09 bits per heavy atom. The number of benzene rings is 2. The average molecular weight is 435 g/mol. The molecule has 0 fully saturated rings. The van der Waals surface area contributed by atoms with Crippen molar-refractivity contribution in [1.82, 2.24) is 14.5 Å². The van der Waals surface area contributed by atoms with Gasteiger partial charge in [-0.1, -0.05) is 30.3 Å². The number of nitrogen functional groups attached to an aromatic ring is 1. The lowest BCUT2D eigenvalue weighted by molar-refractivity contribution is -0.143. The van der Waals surface area contributed by atoms with Crippen molar-refractivity contribution in [3.8, 4) is 5.69 Å². The lowest BCUT2D eigenvalue weighted by Gasteiger charge is -2.18. The molecule has 4 N–H and O–H groups in total. The van der Waals surface area contributed by atoms with Gasteiger partial charge in [-0.15, -0.1) is 0 Å². The summed E-state index contributed by atoms with van der Waals surface area (Å²) in [6.45, 7) is 1.77. The first-order chi connectivity index (χ1) is 15.4. The molecular weight excluding hydrogens is 410 g/mol. The third-order valence-corrected chi connectivity index (χ3v) is 4.83. The van der Waals surface area contributed by atoms with Gasteiger partial charge in [0.25, 0.3) is 0 Å². The van der Waals surface area contributed by atoms with Crippen molar-refractivity contribution in [3.63, 3.8) is 0 Å². The molecule has 1 atom stereocenters. The predicted octanol–water partition coefficient (Wildman–Crippen LogP) is 1.73. The first-order valence-corrected chi connectivity index (χ1v) is 10.1. The summed E-state index contributed by atoms with van der Waals surface area (Å²) in [6.07, 6.45) is 3.07. The summed E-state index contributed by atoms with van der Waals surface area (Å²) >= 11 is 0. The van der Waals surface area contributed by atoms with Crippen LogP contribution < -0.4 is 16.7 Å². The van der Waals surface area contributed by atoms with Crippen molar-refractivity contribution >= 4 is 17.7 Å². The van der Waals surface area contributed by atoms with Crippen LogP contribution in [-0.2, 0) is 20.9 Å². The van der Waals surface area contributed by atoms with E-state index in [0.717, 1.165) is 5.56 Å². The highest BCUT2D eigenvalue weighted by molar-refractivity contribution is 5.95. The normalized spacial score (nSPS) is 11.5. The number of esters is 1. The van der Waals surface area contributed by atoms with Gasteiger partial charge in [0.2, 0.25) is 5.91 Å². The van der Waals surface area contributed by atoms with E-state index in [-0.39, 0.29) is 25.4 Å². The van der Waals surface area contributed by atoms with E-state index in [4.69, 9.17) is 15.9 Å². The molecule has 9 heteroatoms. The minimum Gasteiger partial charge on any atom is -0.466 e. The lowest BCUT2D eigenvalue weighted by atomic mass is 10.0. The minimum atomic E-state index is -0.570. The van der Waals surface area contributed by atoms with E-state index in [2.05, 4.69) is 5.32 Å². The van der Waals surface area contributed by atoms with Crippen molar-refractivity contribution in [2.24, 2.45) is 5.73 Å². The maximum absolute atomic E-state index is 12.7. The highest BCUT2D eigenvalue weighted by Gasteiger charge is 2.20. The highest BCUT2D eigenvalue weighted by Crippen LogP contribution is 2.17. The minimum absolute atomic E-state index is 0.0119. The molecule has 2 aromatic carbocycles. The largest absolute Gasteiger partial charge is 0.466 e. The fourth-order valence-electron chi connectivity index (χ4n) is 3.25. The standard InChI is InChI=1S/C23H25N5O4/c1-2-32-21(30)14-19(16-6-4-3-5-7-16)26-20(29)15-27-12-13-28(23(27)31)18-10-8-17(9-11-18)22(24)25/h3-13,19H,2,14-15H2,1H3,(H3,24,25)(H,26,29). The third kappa shape index (κ3) is 5.51. The van der Waals surface area contributed by atoms with Gasteiger partial charge in [-0.2, -0.15) is 0 Å². The summed E-state index contributed by atoms with van der Waals surface area (Å²) < 4.78 is 7.69. The van der Waals surface area contributed by atoms with Gasteiger partial charge in [0.05, 0.1) is 24.8 Å². The average Bonchev–Trinajstić information content (AvgIpc) is 3.14. The second-order valence-corrected chi connectivity index (χ2v) is 7.08. The number of carbonyl (C=O) groups excluding carboxylic acids is 2. The van der Waals surface area contributed by atoms with E-state index < -0.39 is 23.6 Å². The topological polar surface area (TPSA) is 132 Å². The monoisotopic (exact) mass is 435 g/mol. The van der Waals surface area contributed by atoms with E-state index in [1.165, 1.54) is 15.3 Å². The number of amidine groups is 1. The maximum Gasteiger partial charge on any atom is 0.333 e. The molecule has 166 valence electrons. The molecule has 1 unspecified atom stereocenters. The second-order valence-electron chi connectivity index (χ2n) is 7.08. The highest BCUT2D eigenvalue weighted by atomic mass is 16.5. The Morgan fingerprint density at radius 3 is 2.41 bits per heavy atom.